The third kappa shape index (κ3) is 3.29. The van der Waals surface area contributed by atoms with Gasteiger partial charge in [0.25, 0.3) is 0 Å². The molecule has 0 unspecified atom stereocenters. The van der Waals surface area contributed by atoms with Crippen LogP contribution in [0.4, 0.5) is 14.9 Å². The first-order valence-corrected chi connectivity index (χ1v) is 7.45. The maximum absolute atomic E-state index is 14.5. The molecule has 1 aromatic heterocycles. The number of nitrogens with zero attached hydrogens (tertiary/aromatic N) is 2. The zero-order chi connectivity index (χ0) is 18.0. The number of methoxy groups -OCH3 is 1. The van der Waals surface area contributed by atoms with Crippen LogP contribution < -0.4 is 4.90 Å². The van der Waals surface area contributed by atoms with Crippen LogP contribution in [0, 0.1) is 5.82 Å². The van der Waals surface area contributed by atoms with Gasteiger partial charge in [0.05, 0.1) is 31.5 Å². The number of aromatic nitrogens is 1. The first-order chi connectivity index (χ1) is 12.0. The molecule has 2 aromatic rings. The summed E-state index contributed by atoms with van der Waals surface area (Å²) in [6.07, 6.45) is 1.49. The number of pyridine rings is 1. The molecule has 1 fully saturated rings. The number of cyclic esters (lactones) is 1. The van der Waals surface area contributed by atoms with Crippen molar-refractivity contribution in [3.63, 3.8) is 0 Å². The number of esters is 1. The normalized spacial score (nSPS) is 16.7. The maximum Gasteiger partial charge on any atom is 0.414 e. The van der Waals surface area contributed by atoms with Crippen LogP contribution in [0.3, 0.4) is 0 Å². The monoisotopic (exact) mass is 346 g/mol. The maximum atomic E-state index is 14.5. The van der Waals surface area contributed by atoms with E-state index in [2.05, 4.69) is 9.72 Å². The van der Waals surface area contributed by atoms with E-state index in [0.717, 1.165) is 0 Å². The van der Waals surface area contributed by atoms with E-state index in [0.29, 0.717) is 11.3 Å². The van der Waals surface area contributed by atoms with E-state index in [9.17, 15) is 14.0 Å². The number of ether oxygens (including phenoxy) is 2. The summed E-state index contributed by atoms with van der Waals surface area (Å²) >= 11 is 0. The van der Waals surface area contributed by atoms with E-state index in [1.54, 1.807) is 6.07 Å². The first kappa shape index (κ1) is 16.8. The lowest BCUT2D eigenvalue weighted by Gasteiger charge is -2.14. The van der Waals surface area contributed by atoms with Crippen molar-refractivity contribution < 1.29 is 28.6 Å². The predicted molar refractivity (Wildman–Crippen MR) is 85.7 cm³/mol. The van der Waals surface area contributed by atoms with E-state index in [1.165, 1.54) is 42.6 Å². The lowest BCUT2D eigenvalue weighted by atomic mass is 10.0. The van der Waals surface area contributed by atoms with Crippen molar-refractivity contribution in [3.05, 3.63) is 48.0 Å². The molecule has 1 amide bonds. The molecule has 1 saturated heterocycles. The molecule has 7 nitrogen and oxygen atoms in total. The smallest absolute Gasteiger partial charge is 0.414 e. The Balaban J connectivity index is 1.91. The summed E-state index contributed by atoms with van der Waals surface area (Å²) in [5, 5.41) is 9.06. The first-order valence-electron chi connectivity index (χ1n) is 7.45. The highest BCUT2D eigenvalue weighted by molar-refractivity contribution is 5.91. The topological polar surface area (TPSA) is 89.0 Å². The Morgan fingerprint density at radius 3 is 2.88 bits per heavy atom. The van der Waals surface area contributed by atoms with Crippen LogP contribution in [0.5, 0.6) is 0 Å². The van der Waals surface area contributed by atoms with Crippen LogP contribution in [-0.4, -0.2) is 48.5 Å². The predicted octanol–water partition coefficient (Wildman–Crippen LogP) is 1.99. The molecule has 130 valence electrons. The van der Waals surface area contributed by atoms with Gasteiger partial charge in [-0.1, -0.05) is 0 Å². The Bertz CT molecular complexity index is 826. The lowest BCUT2D eigenvalue weighted by molar-refractivity contribution is 0.0600. The minimum Gasteiger partial charge on any atom is -0.465 e. The molecule has 0 aliphatic carbocycles. The van der Waals surface area contributed by atoms with Crippen LogP contribution in [0.15, 0.2) is 36.7 Å². The molecule has 3 rings (SSSR count). The number of amides is 1. The fourth-order valence-electron chi connectivity index (χ4n) is 2.55. The number of carbonyl (C=O) groups excluding carboxylic acids is 2. The fourth-order valence-corrected chi connectivity index (χ4v) is 2.55. The number of halogens is 1. The van der Waals surface area contributed by atoms with E-state index in [4.69, 9.17) is 9.84 Å². The van der Waals surface area contributed by atoms with Crippen LogP contribution in [0.25, 0.3) is 11.1 Å². The molecule has 1 aromatic carbocycles. The number of rotatable bonds is 4. The highest BCUT2D eigenvalue weighted by atomic mass is 19.1. The van der Waals surface area contributed by atoms with Gasteiger partial charge in [-0.25, -0.2) is 14.0 Å². The summed E-state index contributed by atoms with van der Waals surface area (Å²) in [6, 6.07) is 5.72. The van der Waals surface area contributed by atoms with Gasteiger partial charge in [0.1, 0.15) is 11.9 Å². The third-order valence-corrected chi connectivity index (χ3v) is 3.81. The average molecular weight is 346 g/mol. The molecular formula is C17H15FN2O5. The number of hydrogen-bond acceptors (Lipinski definition) is 6. The molecule has 0 spiro atoms. The molecule has 25 heavy (non-hydrogen) atoms. The summed E-state index contributed by atoms with van der Waals surface area (Å²) in [5.41, 5.74) is 1.16. The van der Waals surface area contributed by atoms with Crippen LogP contribution in [0.1, 0.15) is 10.4 Å². The second-order valence-corrected chi connectivity index (χ2v) is 5.42. The van der Waals surface area contributed by atoms with Gasteiger partial charge in [-0.3, -0.25) is 9.88 Å². The quantitative estimate of drug-likeness (QED) is 0.852. The highest BCUT2D eigenvalue weighted by Crippen LogP contribution is 2.29. The van der Waals surface area contributed by atoms with Crippen molar-refractivity contribution in [3.8, 4) is 11.1 Å². The zero-order valence-corrected chi connectivity index (χ0v) is 13.3. The van der Waals surface area contributed by atoms with Crippen molar-refractivity contribution in [2.45, 2.75) is 6.10 Å². The minimum atomic E-state index is -0.638. The Kier molecular flexibility index (Phi) is 4.62. The van der Waals surface area contributed by atoms with Crippen molar-refractivity contribution in [1.82, 2.24) is 4.98 Å². The molecule has 1 aliphatic heterocycles. The Hall–Kier alpha value is -3.00. The van der Waals surface area contributed by atoms with Gasteiger partial charge in [-0.05, 0) is 24.3 Å². The summed E-state index contributed by atoms with van der Waals surface area (Å²) in [5.74, 6) is -1.15. The van der Waals surface area contributed by atoms with E-state index < -0.39 is 24.0 Å². The average Bonchev–Trinajstić information content (AvgIpc) is 3.02. The van der Waals surface area contributed by atoms with Gasteiger partial charge >= 0.3 is 12.1 Å². The Morgan fingerprint density at radius 2 is 2.24 bits per heavy atom. The van der Waals surface area contributed by atoms with Crippen LogP contribution in [0.2, 0.25) is 0 Å². The number of carbonyl (C=O) groups is 2. The number of aliphatic hydroxyl groups is 1. The molecule has 1 aliphatic rings. The summed E-state index contributed by atoms with van der Waals surface area (Å²) in [7, 11) is 1.25. The molecule has 1 N–H and O–H groups in total. The number of benzene rings is 1. The molecule has 1 atom stereocenters. The summed E-state index contributed by atoms with van der Waals surface area (Å²) in [6.45, 7) is -0.150. The summed E-state index contributed by atoms with van der Waals surface area (Å²) in [4.78, 5) is 28.5. The van der Waals surface area contributed by atoms with E-state index in [-0.39, 0.29) is 24.3 Å². The van der Waals surface area contributed by atoms with Gasteiger partial charge in [0.2, 0.25) is 0 Å². The minimum absolute atomic E-state index is 0.146. The second kappa shape index (κ2) is 6.86. The number of aliphatic hydroxyl groups excluding tert-OH is 1. The van der Waals surface area contributed by atoms with E-state index in [1.807, 2.05) is 0 Å². The molecule has 2 heterocycles. The van der Waals surface area contributed by atoms with Gasteiger partial charge < -0.3 is 14.6 Å². The Morgan fingerprint density at radius 1 is 1.44 bits per heavy atom. The van der Waals surface area contributed by atoms with Crippen LogP contribution in [-0.2, 0) is 9.47 Å². The molecule has 8 heteroatoms. The largest absolute Gasteiger partial charge is 0.465 e. The third-order valence-electron chi connectivity index (χ3n) is 3.81. The standard InChI is InChI=1S/C17H15FN2O5/c1-24-16(22)11-4-10(6-19-7-11)14-3-2-12(5-15(14)18)20-8-13(9-21)25-17(20)23/h2-7,13,21H,8-9H2,1H3/t13-/m1/s1. The van der Waals surface area contributed by atoms with Crippen molar-refractivity contribution in [2.24, 2.45) is 0 Å². The number of anilines is 1. The van der Waals surface area contributed by atoms with Crippen molar-refractivity contribution >= 4 is 17.7 Å². The van der Waals surface area contributed by atoms with Gasteiger partial charge in [0.15, 0.2) is 0 Å². The number of hydrogen-bond donors (Lipinski definition) is 1. The van der Waals surface area contributed by atoms with Gasteiger partial charge in [-0.2, -0.15) is 0 Å². The van der Waals surface area contributed by atoms with Gasteiger partial charge in [0, 0.05) is 23.5 Å². The molecule has 0 radical (unpaired) electrons. The second-order valence-electron chi connectivity index (χ2n) is 5.42. The molecule has 0 saturated carbocycles. The lowest BCUT2D eigenvalue weighted by Crippen LogP contribution is -2.25. The van der Waals surface area contributed by atoms with Gasteiger partial charge in [-0.15, -0.1) is 0 Å². The molecular weight excluding hydrogens is 331 g/mol. The zero-order valence-electron chi connectivity index (χ0n) is 13.3. The summed E-state index contributed by atoms with van der Waals surface area (Å²) < 4.78 is 24.1. The van der Waals surface area contributed by atoms with E-state index >= 15 is 0 Å². The molecule has 0 bridgehead atoms. The SMILES string of the molecule is COC(=O)c1cncc(-c2ccc(N3C[C@H](CO)OC3=O)cc2F)c1. The van der Waals surface area contributed by atoms with Crippen LogP contribution >= 0.6 is 0 Å². The highest BCUT2D eigenvalue weighted by Gasteiger charge is 2.32. The fraction of sp³-hybridized carbons (Fsp3) is 0.235. The Labute approximate surface area is 142 Å². The van der Waals surface area contributed by atoms with Crippen molar-refractivity contribution in [1.29, 1.82) is 0 Å². The van der Waals surface area contributed by atoms with Crippen molar-refractivity contribution in [2.75, 3.05) is 25.2 Å².